The van der Waals surface area contributed by atoms with Crippen molar-refractivity contribution in [3.05, 3.63) is 4.88 Å². The highest BCUT2D eigenvalue weighted by Crippen LogP contribution is 2.41. The molecule has 1 aromatic rings. The third-order valence-corrected chi connectivity index (χ3v) is 4.77. The van der Waals surface area contributed by atoms with Crippen LogP contribution in [0.2, 0.25) is 0 Å². The van der Waals surface area contributed by atoms with Gasteiger partial charge in [0.05, 0.1) is 10.6 Å². The number of thiophene rings is 1. The molecule has 3 N–H and O–H groups in total. The summed E-state index contributed by atoms with van der Waals surface area (Å²) in [6.07, 6.45) is 2.89. The maximum absolute atomic E-state index is 12.1. The van der Waals surface area contributed by atoms with E-state index in [4.69, 9.17) is 10.5 Å². The number of thioether (sulfide) groups is 1. The first-order valence-electron chi connectivity index (χ1n) is 6.52. The van der Waals surface area contributed by atoms with Gasteiger partial charge >= 0.3 is 0 Å². The first-order chi connectivity index (χ1) is 9.52. The molecule has 0 aliphatic carbocycles. The minimum absolute atomic E-state index is 0.0508. The summed E-state index contributed by atoms with van der Waals surface area (Å²) < 4.78 is 5.30. The fourth-order valence-electron chi connectivity index (χ4n) is 1.63. The number of nitrogen functional groups attached to an aromatic ring is 1. The van der Waals surface area contributed by atoms with Crippen molar-refractivity contribution in [2.45, 2.75) is 18.2 Å². The number of rotatable bonds is 8. The van der Waals surface area contributed by atoms with Crippen molar-refractivity contribution >= 4 is 39.7 Å². The fourth-order valence-corrected chi connectivity index (χ4v) is 3.71. The predicted molar refractivity (Wildman–Crippen MR) is 88.1 cm³/mol. The number of carbonyl (C=O) groups excluding carboxylic acids is 1. The molecule has 1 aromatic heterocycles. The van der Waals surface area contributed by atoms with E-state index in [9.17, 15) is 4.79 Å². The van der Waals surface area contributed by atoms with Crippen molar-refractivity contribution < 1.29 is 9.53 Å². The maximum Gasteiger partial charge on any atom is 0.265 e. The zero-order valence-corrected chi connectivity index (χ0v) is 14.1. The number of hydrogen-bond donors (Lipinski definition) is 2. The standard InChI is InChI=1S/C13H23N3O2S2/c1-5-18-8-6-7-15-12-10(19-4)9(14)11(20-12)13(17)16(2)3/h15H,5-8,14H2,1-4H3. The molecule has 20 heavy (non-hydrogen) atoms. The van der Waals surface area contributed by atoms with Crippen LogP contribution < -0.4 is 11.1 Å². The Morgan fingerprint density at radius 2 is 2.20 bits per heavy atom. The largest absolute Gasteiger partial charge is 0.396 e. The molecular weight excluding hydrogens is 294 g/mol. The number of anilines is 2. The fraction of sp³-hybridized carbons (Fsp3) is 0.615. The minimum Gasteiger partial charge on any atom is -0.396 e. The molecule has 1 rings (SSSR count). The smallest absolute Gasteiger partial charge is 0.265 e. The van der Waals surface area contributed by atoms with E-state index < -0.39 is 0 Å². The van der Waals surface area contributed by atoms with Gasteiger partial charge in [-0.25, -0.2) is 0 Å². The van der Waals surface area contributed by atoms with Crippen molar-refractivity contribution in [2.24, 2.45) is 0 Å². The average molecular weight is 317 g/mol. The van der Waals surface area contributed by atoms with Crippen molar-refractivity contribution in [3.8, 4) is 0 Å². The Hall–Kier alpha value is -0.920. The molecule has 1 amide bonds. The first-order valence-corrected chi connectivity index (χ1v) is 8.56. The van der Waals surface area contributed by atoms with Gasteiger partial charge in [-0.15, -0.1) is 23.1 Å². The molecule has 7 heteroatoms. The Balaban J connectivity index is 2.75. The van der Waals surface area contributed by atoms with Crippen LogP contribution in [-0.2, 0) is 4.74 Å². The molecule has 0 radical (unpaired) electrons. The van der Waals surface area contributed by atoms with Crippen molar-refractivity contribution in [1.82, 2.24) is 4.90 Å². The van der Waals surface area contributed by atoms with Crippen LogP contribution >= 0.6 is 23.1 Å². The summed E-state index contributed by atoms with van der Waals surface area (Å²) >= 11 is 2.98. The van der Waals surface area contributed by atoms with Crippen LogP contribution in [0.3, 0.4) is 0 Å². The van der Waals surface area contributed by atoms with Gasteiger partial charge in [-0.1, -0.05) is 0 Å². The predicted octanol–water partition coefficient (Wildman–Crippen LogP) is 2.59. The zero-order valence-electron chi connectivity index (χ0n) is 12.5. The lowest BCUT2D eigenvalue weighted by Gasteiger charge is -2.08. The highest BCUT2D eigenvalue weighted by atomic mass is 32.2. The molecule has 0 unspecified atom stereocenters. The van der Waals surface area contributed by atoms with E-state index in [0.717, 1.165) is 36.1 Å². The number of nitrogens with one attached hydrogen (secondary N) is 1. The molecule has 0 spiro atoms. The Kier molecular flexibility index (Phi) is 7.18. The van der Waals surface area contributed by atoms with Crippen LogP contribution in [0, 0.1) is 0 Å². The van der Waals surface area contributed by atoms with Crippen LogP contribution in [0.25, 0.3) is 0 Å². The number of ether oxygens (including phenoxy) is 1. The topological polar surface area (TPSA) is 67.6 Å². The molecule has 0 aliphatic heterocycles. The Morgan fingerprint density at radius 1 is 1.50 bits per heavy atom. The van der Waals surface area contributed by atoms with E-state index in [0.29, 0.717) is 10.6 Å². The van der Waals surface area contributed by atoms with Gasteiger partial charge in [0, 0.05) is 33.9 Å². The van der Waals surface area contributed by atoms with Crippen LogP contribution in [0.4, 0.5) is 10.7 Å². The summed E-state index contributed by atoms with van der Waals surface area (Å²) in [6, 6.07) is 0. The summed E-state index contributed by atoms with van der Waals surface area (Å²) in [7, 11) is 3.46. The molecule has 0 aromatic carbocycles. The third kappa shape index (κ3) is 4.29. The Morgan fingerprint density at radius 3 is 2.75 bits per heavy atom. The van der Waals surface area contributed by atoms with E-state index in [1.807, 2.05) is 13.2 Å². The monoisotopic (exact) mass is 317 g/mol. The molecule has 0 atom stereocenters. The lowest BCUT2D eigenvalue weighted by molar-refractivity contribution is 0.0833. The van der Waals surface area contributed by atoms with Gasteiger partial charge in [0.1, 0.15) is 9.88 Å². The van der Waals surface area contributed by atoms with Crippen LogP contribution in [-0.4, -0.2) is 50.9 Å². The molecule has 114 valence electrons. The van der Waals surface area contributed by atoms with Gasteiger partial charge in [0.15, 0.2) is 0 Å². The van der Waals surface area contributed by atoms with Gasteiger partial charge in [-0.3, -0.25) is 4.79 Å². The van der Waals surface area contributed by atoms with E-state index in [-0.39, 0.29) is 5.91 Å². The molecule has 0 saturated heterocycles. The van der Waals surface area contributed by atoms with Crippen molar-refractivity contribution in [1.29, 1.82) is 0 Å². The van der Waals surface area contributed by atoms with Crippen molar-refractivity contribution in [3.63, 3.8) is 0 Å². The van der Waals surface area contributed by atoms with Gasteiger partial charge < -0.3 is 20.7 Å². The van der Waals surface area contributed by atoms with Crippen LogP contribution in [0.5, 0.6) is 0 Å². The summed E-state index contributed by atoms with van der Waals surface area (Å²) in [5.74, 6) is -0.0508. The SMILES string of the molecule is CCOCCCNc1sc(C(=O)N(C)C)c(N)c1SC. The number of nitrogens with zero attached hydrogens (tertiary/aromatic N) is 1. The highest BCUT2D eigenvalue weighted by molar-refractivity contribution is 7.99. The molecule has 0 bridgehead atoms. The molecule has 1 heterocycles. The number of nitrogens with two attached hydrogens (primary N) is 1. The first kappa shape index (κ1) is 17.1. The lowest BCUT2D eigenvalue weighted by Crippen LogP contribution is -2.21. The second-order valence-corrected chi connectivity index (χ2v) is 6.22. The van der Waals surface area contributed by atoms with E-state index in [1.165, 1.54) is 11.3 Å². The summed E-state index contributed by atoms with van der Waals surface area (Å²) in [4.78, 5) is 15.2. The van der Waals surface area contributed by atoms with Gasteiger partial charge in [0.2, 0.25) is 0 Å². The summed E-state index contributed by atoms with van der Waals surface area (Å²) in [5, 5.41) is 4.31. The number of carbonyl (C=O) groups is 1. The normalized spacial score (nSPS) is 10.6. The van der Waals surface area contributed by atoms with Gasteiger partial charge in [-0.2, -0.15) is 0 Å². The lowest BCUT2D eigenvalue weighted by atomic mass is 10.3. The van der Waals surface area contributed by atoms with Gasteiger partial charge in [0.25, 0.3) is 5.91 Å². The Labute approximate surface area is 128 Å². The zero-order chi connectivity index (χ0) is 15.1. The highest BCUT2D eigenvalue weighted by Gasteiger charge is 2.21. The maximum atomic E-state index is 12.1. The van der Waals surface area contributed by atoms with E-state index >= 15 is 0 Å². The summed E-state index contributed by atoms with van der Waals surface area (Å²) in [6.45, 7) is 4.27. The van der Waals surface area contributed by atoms with Crippen LogP contribution in [0.1, 0.15) is 23.0 Å². The van der Waals surface area contributed by atoms with E-state index in [2.05, 4.69) is 5.32 Å². The molecule has 0 saturated carbocycles. The molecule has 0 fully saturated rings. The van der Waals surface area contributed by atoms with E-state index in [1.54, 1.807) is 30.8 Å². The molecule has 0 aliphatic rings. The van der Waals surface area contributed by atoms with Crippen molar-refractivity contribution in [2.75, 3.05) is 51.2 Å². The third-order valence-electron chi connectivity index (χ3n) is 2.66. The van der Waals surface area contributed by atoms with Gasteiger partial charge in [-0.05, 0) is 19.6 Å². The molecule has 5 nitrogen and oxygen atoms in total. The Bertz CT molecular complexity index is 447. The second-order valence-electron chi connectivity index (χ2n) is 4.38. The number of amides is 1. The average Bonchev–Trinajstić information content (AvgIpc) is 2.73. The summed E-state index contributed by atoms with van der Waals surface area (Å²) in [5.41, 5.74) is 6.66. The quantitative estimate of drug-likeness (QED) is 0.570. The minimum atomic E-state index is -0.0508. The second kappa shape index (κ2) is 8.39. The van der Waals surface area contributed by atoms with Crippen LogP contribution in [0.15, 0.2) is 4.90 Å². The number of hydrogen-bond acceptors (Lipinski definition) is 6. The molecular formula is C13H23N3O2S2.